The van der Waals surface area contributed by atoms with Crippen molar-refractivity contribution >= 4 is 26.7 Å². The summed E-state index contributed by atoms with van der Waals surface area (Å²) < 4.78 is 11.5. The second kappa shape index (κ2) is 7.59. The molecule has 0 spiro atoms. The van der Waals surface area contributed by atoms with Crippen LogP contribution in [0, 0.1) is 0 Å². The Morgan fingerprint density at radius 3 is 2.67 bits per heavy atom. The van der Waals surface area contributed by atoms with E-state index < -0.39 is 0 Å². The van der Waals surface area contributed by atoms with Crippen LogP contribution in [0.2, 0.25) is 0 Å². The summed E-state index contributed by atoms with van der Waals surface area (Å²) in [5.74, 6) is 0.773. The Kier molecular flexibility index (Phi) is 5.27. The summed E-state index contributed by atoms with van der Waals surface area (Å²) in [6, 6.07) is 13.4. The highest BCUT2D eigenvalue weighted by Crippen LogP contribution is 2.27. The quantitative estimate of drug-likeness (QED) is 0.657. The number of halogens is 1. The van der Waals surface area contributed by atoms with Crippen LogP contribution in [0.3, 0.4) is 0 Å². The molecule has 0 radical (unpaired) electrons. The SMILES string of the molecule is COCCOc1ccc(Cc2n[nH]c(=O)c3ccccc23)cc1Br. The van der Waals surface area contributed by atoms with Crippen LogP contribution in [-0.2, 0) is 11.2 Å². The summed E-state index contributed by atoms with van der Waals surface area (Å²) >= 11 is 3.53. The molecule has 1 N–H and O–H groups in total. The lowest BCUT2D eigenvalue weighted by molar-refractivity contribution is 0.146. The van der Waals surface area contributed by atoms with Gasteiger partial charge in [-0.2, -0.15) is 5.10 Å². The van der Waals surface area contributed by atoms with Gasteiger partial charge in [0.2, 0.25) is 0 Å². The van der Waals surface area contributed by atoms with Crippen LogP contribution in [0.5, 0.6) is 5.75 Å². The van der Waals surface area contributed by atoms with E-state index in [-0.39, 0.29) is 5.56 Å². The lowest BCUT2D eigenvalue weighted by Crippen LogP contribution is -2.11. The number of aromatic nitrogens is 2. The molecule has 0 aliphatic carbocycles. The summed E-state index contributed by atoms with van der Waals surface area (Å²) in [4.78, 5) is 11.9. The molecule has 3 rings (SSSR count). The lowest BCUT2D eigenvalue weighted by Gasteiger charge is -2.10. The highest BCUT2D eigenvalue weighted by Gasteiger charge is 2.09. The van der Waals surface area contributed by atoms with Crippen molar-refractivity contribution in [1.82, 2.24) is 10.2 Å². The van der Waals surface area contributed by atoms with Gasteiger partial charge in [0, 0.05) is 18.9 Å². The van der Waals surface area contributed by atoms with E-state index in [0.29, 0.717) is 25.0 Å². The Hall–Kier alpha value is -2.18. The molecule has 124 valence electrons. The van der Waals surface area contributed by atoms with Gasteiger partial charge in [-0.1, -0.05) is 24.3 Å². The zero-order valence-electron chi connectivity index (χ0n) is 13.2. The molecule has 3 aromatic rings. The monoisotopic (exact) mass is 388 g/mol. The van der Waals surface area contributed by atoms with Gasteiger partial charge in [0.15, 0.2) is 0 Å². The summed E-state index contributed by atoms with van der Waals surface area (Å²) in [7, 11) is 1.64. The smallest absolute Gasteiger partial charge is 0.272 e. The largest absolute Gasteiger partial charge is 0.490 e. The molecule has 0 amide bonds. The number of nitrogens with zero attached hydrogens (tertiary/aromatic N) is 1. The minimum Gasteiger partial charge on any atom is -0.490 e. The van der Waals surface area contributed by atoms with Crippen molar-refractivity contribution in [1.29, 1.82) is 0 Å². The second-order valence-electron chi connectivity index (χ2n) is 5.33. The van der Waals surface area contributed by atoms with Crippen molar-refractivity contribution in [3.8, 4) is 5.75 Å². The van der Waals surface area contributed by atoms with Crippen molar-refractivity contribution in [2.75, 3.05) is 20.3 Å². The molecule has 0 aliphatic heterocycles. The van der Waals surface area contributed by atoms with Gasteiger partial charge in [0.05, 0.1) is 22.2 Å². The topological polar surface area (TPSA) is 64.2 Å². The minimum atomic E-state index is -0.169. The third-order valence-electron chi connectivity index (χ3n) is 3.69. The number of H-pyrrole nitrogens is 1. The second-order valence-corrected chi connectivity index (χ2v) is 6.18. The molecule has 0 fully saturated rings. The first-order valence-electron chi connectivity index (χ1n) is 7.55. The maximum atomic E-state index is 11.9. The molecule has 24 heavy (non-hydrogen) atoms. The molecule has 0 saturated carbocycles. The highest BCUT2D eigenvalue weighted by molar-refractivity contribution is 9.10. The van der Waals surface area contributed by atoms with Gasteiger partial charge < -0.3 is 9.47 Å². The summed E-state index contributed by atoms with van der Waals surface area (Å²) in [6.45, 7) is 1.04. The number of hydrogen-bond donors (Lipinski definition) is 1. The first-order chi connectivity index (χ1) is 11.7. The zero-order chi connectivity index (χ0) is 16.9. The van der Waals surface area contributed by atoms with E-state index in [1.807, 2.05) is 42.5 Å². The maximum Gasteiger partial charge on any atom is 0.272 e. The molecular formula is C18H17BrN2O3. The Labute approximate surface area is 147 Å². The molecule has 0 atom stereocenters. The molecule has 6 heteroatoms. The minimum absolute atomic E-state index is 0.169. The van der Waals surface area contributed by atoms with E-state index in [1.165, 1.54) is 0 Å². The zero-order valence-corrected chi connectivity index (χ0v) is 14.8. The van der Waals surface area contributed by atoms with Gasteiger partial charge in [-0.15, -0.1) is 0 Å². The van der Waals surface area contributed by atoms with E-state index in [0.717, 1.165) is 26.9 Å². The molecule has 1 aromatic heterocycles. The lowest BCUT2D eigenvalue weighted by atomic mass is 10.0. The maximum absolute atomic E-state index is 11.9. The highest BCUT2D eigenvalue weighted by atomic mass is 79.9. The van der Waals surface area contributed by atoms with Crippen molar-refractivity contribution < 1.29 is 9.47 Å². The fraction of sp³-hybridized carbons (Fsp3) is 0.222. The number of aromatic amines is 1. The average Bonchev–Trinajstić information content (AvgIpc) is 2.60. The van der Waals surface area contributed by atoms with Crippen LogP contribution in [0.4, 0.5) is 0 Å². The van der Waals surface area contributed by atoms with E-state index in [1.54, 1.807) is 7.11 Å². The fourth-order valence-corrected chi connectivity index (χ4v) is 3.05. The number of hydrogen-bond acceptors (Lipinski definition) is 4. The molecule has 2 aromatic carbocycles. The van der Waals surface area contributed by atoms with Crippen molar-refractivity contribution in [3.05, 3.63) is 68.5 Å². The summed E-state index contributed by atoms with van der Waals surface area (Å²) in [6.07, 6.45) is 0.619. The van der Waals surface area contributed by atoms with Crippen LogP contribution < -0.4 is 10.3 Å². The van der Waals surface area contributed by atoms with Crippen LogP contribution >= 0.6 is 15.9 Å². The number of methoxy groups -OCH3 is 1. The summed E-state index contributed by atoms with van der Waals surface area (Å²) in [5.41, 5.74) is 1.74. The Morgan fingerprint density at radius 1 is 1.12 bits per heavy atom. The molecule has 0 unspecified atom stereocenters. The standard InChI is InChI=1S/C18H17BrN2O3/c1-23-8-9-24-17-7-6-12(10-15(17)19)11-16-13-4-2-3-5-14(13)18(22)21-20-16/h2-7,10H,8-9,11H2,1H3,(H,21,22). The van der Waals surface area contributed by atoms with Gasteiger partial charge >= 0.3 is 0 Å². The first-order valence-corrected chi connectivity index (χ1v) is 8.35. The van der Waals surface area contributed by atoms with E-state index in [4.69, 9.17) is 9.47 Å². The normalized spacial score (nSPS) is 10.9. The fourth-order valence-electron chi connectivity index (χ4n) is 2.51. The van der Waals surface area contributed by atoms with Crippen LogP contribution in [0.1, 0.15) is 11.3 Å². The molecule has 0 saturated heterocycles. The Morgan fingerprint density at radius 2 is 1.92 bits per heavy atom. The van der Waals surface area contributed by atoms with Crippen molar-refractivity contribution in [3.63, 3.8) is 0 Å². The van der Waals surface area contributed by atoms with E-state index >= 15 is 0 Å². The molecule has 1 heterocycles. The van der Waals surface area contributed by atoms with Gasteiger partial charge in [0.1, 0.15) is 12.4 Å². The predicted octanol–water partition coefficient (Wildman–Crippen LogP) is 3.30. The average molecular weight is 389 g/mol. The number of rotatable bonds is 6. The molecule has 0 bridgehead atoms. The number of benzene rings is 2. The first kappa shape index (κ1) is 16.7. The van der Waals surface area contributed by atoms with Crippen molar-refractivity contribution in [2.24, 2.45) is 0 Å². The van der Waals surface area contributed by atoms with Crippen LogP contribution in [-0.4, -0.2) is 30.5 Å². The van der Waals surface area contributed by atoms with Crippen LogP contribution in [0.25, 0.3) is 10.8 Å². The van der Waals surface area contributed by atoms with E-state index in [9.17, 15) is 4.79 Å². The number of nitrogens with one attached hydrogen (secondary N) is 1. The van der Waals surface area contributed by atoms with E-state index in [2.05, 4.69) is 26.1 Å². The summed E-state index contributed by atoms with van der Waals surface area (Å²) in [5, 5.41) is 8.31. The van der Waals surface area contributed by atoms with Gasteiger partial charge in [0.25, 0.3) is 5.56 Å². The number of ether oxygens (including phenoxy) is 2. The van der Waals surface area contributed by atoms with Gasteiger partial charge in [-0.05, 0) is 39.7 Å². The van der Waals surface area contributed by atoms with Crippen molar-refractivity contribution in [2.45, 2.75) is 6.42 Å². The molecular weight excluding hydrogens is 372 g/mol. The molecule has 5 nitrogen and oxygen atoms in total. The number of fused-ring (bicyclic) bond motifs is 1. The Bertz CT molecular complexity index is 908. The Balaban J connectivity index is 1.85. The van der Waals surface area contributed by atoms with Gasteiger partial charge in [-0.25, -0.2) is 5.10 Å². The third kappa shape index (κ3) is 3.66. The molecule has 0 aliphatic rings. The third-order valence-corrected chi connectivity index (χ3v) is 4.31. The van der Waals surface area contributed by atoms with Gasteiger partial charge in [-0.3, -0.25) is 4.79 Å². The predicted molar refractivity (Wildman–Crippen MR) is 96.7 cm³/mol. The van der Waals surface area contributed by atoms with Crippen LogP contribution in [0.15, 0.2) is 51.7 Å².